The SMILES string of the molecule is Cc1cc(NCCC(O)C(C)(C)C)n2ncnc2n1. The highest BCUT2D eigenvalue weighted by Crippen LogP contribution is 2.21. The molecule has 2 N–H and O–H groups in total. The Balaban J connectivity index is 2.04. The molecule has 0 saturated heterocycles. The van der Waals surface area contributed by atoms with Gasteiger partial charge in [-0.2, -0.15) is 14.6 Å². The van der Waals surface area contributed by atoms with Crippen LogP contribution in [0.25, 0.3) is 5.78 Å². The first kappa shape index (κ1) is 13.7. The number of nitrogens with one attached hydrogen (secondary N) is 1. The zero-order chi connectivity index (χ0) is 14.0. The van der Waals surface area contributed by atoms with E-state index >= 15 is 0 Å². The highest BCUT2D eigenvalue weighted by molar-refractivity contribution is 5.44. The zero-order valence-corrected chi connectivity index (χ0v) is 11.9. The molecule has 1 unspecified atom stereocenters. The topological polar surface area (TPSA) is 75.3 Å². The standard InChI is InChI=1S/C13H21N5O/c1-9-7-11(18-12(17-9)15-8-16-18)14-6-5-10(19)13(2,3)4/h7-8,10,14,19H,5-6H2,1-4H3. The Morgan fingerprint density at radius 3 is 2.84 bits per heavy atom. The lowest BCUT2D eigenvalue weighted by Crippen LogP contribution is -2.28. The number of aromatic nitrogens is 4. The van der Waals surface area contributed by atoms with E-state index < -0.39 is 0 Å². The average Bonchev–Trinajstić information content (AvgIpc) is 2.75. The molecule has 6 heteroatoms. The van der Waals surface area contributed by atoms with Gasteiger partial charge in [0.05, 0.1) is 6.10 Å². The maximum Gasteiger partial charge on any atom is 0.254 e. The summed E-state index contributed by atoms with van der Waals surface area (Å²) in [6.07, 6.45) is 1.83. The van der Waals surface area contributed by atoms with Gasteiger partial charge < -0.3 is 10.4 Å². The van der Waals surface area contributed by atoms with Crippen molar-refractivity contribution in [1.82, 2.24) is 19.6 Å². The van der Waals surface area contributed by atoms with E-state index in [1.165, 1.54) is 6.33 Å². The molecule has 0 bridgehead atoms. The highest BCUT2D eigenvalue weighted by atomic mass is 16.3. The Hall–Kier alpha value is -1.69. The van der Waals surface area contributed by atoms with Crippen LogP contribution in [-0.2, 0) is 0 Å². The van der Waals surface area contributed by atoms with E-state index in [1.54, 1.807) is 4.52 Å². The smallest absolute Gasteiger partial charge is 0.254 e. The fraction of sp³-hybridized carbons (Fsp3) is 0.615. The van der Waals surface area contributed by atoms with Crippen LogP contribution in [0.1, 0.15) is 32.9 Å². The second-order valence-electron chi connectivity index (χ2n) is 5.85. The van der Waals surface area contributed by atoms with E-state index in [0.717, 1.165) is 11.5 Å². The summed E-state index contributed by atoms with van der Waals surface area (Å²) in [6, 6.07) is 1.92. The number of hydrogen-bond donors (Lipinski definition) is 2. The molecule has 2 aromatic heterocycles. The molecule has 0 saturated carbocycles. The largest absolute Gasteiger partial charge is 0.393 e. The molecule has 6 nitrogen and oxygen atoms in total. The van der Waals surface area contributed by atoms with Crippen molar-refractivity contribution in [2.45, 2.75) is 40.2 Å². The Kier molecular flexibility index (Phi) is 3.71. The fourth-order valence-corrected chi connectivity index (χ4v) is 1.83. The molecule has 104 valence electrons. The van der Waals surface area contributed by atoms with E-state index in [4.69, 9.17) is 0 Å². The lowest BCUT2D eigenvalue weighted by atomic mass is 9.87. The molecule has 0 spiro atoms. The van der Waals surface area contributed by atoms with Crippen LogP contribution in [0.2, 0.25) is 0 Å². The summed E-state index contributed by atoms with van der Waals surface area (Å²) in [5.41, 5.74) is 0.790. The predicted molar refractivity (Wildman–Crippen MR) is 74.1 cm³/mol. The van der Waals surface area contributed by atoms with Crippen molar-refractivity contribution in [3.63, 3.8) is 0 Å². The Bertz CT molecular complexity index is 558. The van der Waals surface area contributed by atoms with E-state index in [9.17, 15) is 5.11 Å². The molecule has 2 heterocycles. The molecule has 0 aliphatic rings. The number of nitrogens with zero attached hydrogens (tertiary/aromatic N) is 4. The van der Waals surface area contributed by atoms with Crippen LogP contribution in [0.15, 0.2) is 12.4 Å². The summed E-state index contributed by atoms with van der Waals surface area (Å²) in [4.78, 5) is 8.35. The van der Waals surface area contributed by atoms with E-state index in [0.29, 0.717) is 18.7 Å². The molecule has 0 radical (unpaired) electrons. The van der Waals surface area contributed by atoms with Crippen LogP contribution in [0.3, 0.4) is 0 Å². The Morgan fingerprint density at radius 1 is 1.42 bits per heavy atom. The quantitative estimate of drug-likeness (QED) is 0.877. The third-order valence-corrected chi connectivity index (χ3v) is 3.10. The van der Waals surface area contributed by atoms with Crippen molar-refractivity contribution in [1.29, 1.82) is 0 Å². The van der Waals surface area contributed by atoms with Crippen LogP contribution in [-0.4, -0.2) is 37.3 Å². The van der Waals surface area contributed by atoms with Gasteiger partial charge in [-0.1, -0.05) is 20.8 Å². The van der Waals surface area contributed by atoms with Crippen LogP contribution >= 0.6 is 0 Å². The molecular formula is C13H21N5O. The number of aliphatic hydroxyl groups is 1. The first-order chi connectivity index (χ1) is 8.88. The lowest BCUT2D eigenvalue weighted by Gasteiger charge is -2.25. The second kappa shape index (κ2) is 5.13. The van der Waals surface area contributed by atoms with Crippen LogP contribution in [0.4, 0.5) is 5.82 Å². The first-order valence-corrected chi connectivity index (χ1v) is 6.47. The minimum Gasteiger partial charge on any atom is -0.393 e. The second-order valence-corrected chi connectivity index (χ2v) is 5.85. The molecule has 2 rings (SSSR count). The number of aliphatic hydroxyl groups excluding tert-OH is 1. The van der Waals surface area contributed by atoms with Gasteiger partial charge >= 0.3 is 0 Å². The van der Waals surface area contributed by atoms with Gasteiger partial charge in [0.2, 0.25) is 0 Å². The summed E-state index contributed by atoms with van der Waals surface area (Å²) in [5.74, 6) is 1.43. The van der Waals surface area contributed by atoms with Crippen molar-refractivity contribution >= 4 is 11.6 Å². The minimum atomic E-state index is -0.339. The summed E-state index contributed by atoms with van der Waals surface area (Å²) in [5, 5.41) is 17.4. The summed E-state index contributed by atoms with van der Waals surface area (Å²) in [6.45, 7) is 8.69. The third-order valence-electron chi connectivity index (χ3n) is 3.10. The monoisotopic (exact) mass is 263 g/mol. The van der Waals surface area contributed by atoms with Gasteiger partial charge in [0.15, 0.2) is 0 Å². The van der Waals surface area contributed by atoms with E-state index in [1.807, 2.05) is 33.8 Å². The van der Waals surface area contributed by atoms with Gasteiger partial charge in [-0.3, -0.25) is 0 Å². The zero-order valence-electron chi connectivity index (χ0n) is 11.9. The molecule has 2 aromatic rings. The lowest BCUT2D eigenvalue weighted by molar-refractivity contribution is 0.0587. The van der Waals surface area contributed by atoms with Crippen molar-refractivity contribution in [2.75, 3.05) is 11.9 Å². The van der Waals surface area contributed by atoms with Crippen molar-refractivity contribution in [3.05, 3.63) is 18.1 Å². The molecule has 0 amide bonds. The molecular weight excluding hydrogens is 242 g/mol. The Labute approximate surface area is 112 Å². The van der Waals surface area contributed by atoms with E-state index in [2.05, 4.69) is 20.4 Å². The van der Waals surface area contributed by atoms with Crippen molar-refractivity contribution in [3.8, 4) is 0 Å². The van der Waals surface area contributed by atoms with Gasteiger partial charge in [-0.15, -0.1) is 0 Å². The van der Waals surface area contributed by atoms with Gasteiger partial charge in [0.25, 0.3) is 5.78 Å². The molecule has 0 aliphatic carbocycles. The van der Waals surface area contributed by atoms with Crippen molar-refractivity contribution < 1.29 is 5.11 Å². The highest BCUT2D eigenvalue weighted by Gasteiger charge is 2.21. The fourth-order valence-electron chi connectivity index (χ4n) is 1.83. The van der Waals surface area contributed by atoms with Gasteiger partial charge in [0, 0.05) is 18.3 Å². The predicted octanol–water partition coefficient (Wildman–Crippen LogP) is 1.64. The number of anilines is 1. The number of rotatable bonds is 4. The van der Waals surface area contributed by atoms with E-state index in [-0.39, 0.29) is 11.5 Å². The molecule has 0 aliphatic heterocycles. The summed E-state index contributed by atoms with van der Waals surface area (Å²) < 4.78 is 1.66. The number of aryl methyl sites for hydroxylation is 1. The third kappa shape index (κ3) is 3.20. The number of fused-ring (bicyclic) bond motifs is 1. The van der Waals surface area contributed by atoms with Gasteiger partial charge in [-0.05, 0) is 18.8 Å². The van der Waals surface area contributed by atoms with Crippen molar-refractivity contribution in [2.24, 2.45) is 5.41 Å². The minimum absolute atomic E-state index is 0.0988. The van der Waals surface area contributed by atoms with Gasteiger partial charge in [0.1, 0.15) is 12.1 Å². The number of hydrogen-bond acceptors (Lipinski definition) is 5. The summed E-state index contributed by atoms with van der Waals surface area (Å²) in [7, 11) is 0. The van der Waals surface area contributed by atoms with Gasteiger partial charge in [-0.25, -0.2) is 4.98 Å². The molecule has 19 heavy (non-hydrogen) atoms. The molecule has 1 atom stereocenters. The normalized spacial score (nSPS) is 13.7. The maximum absolute atomic E-state index is 10.0. The van der Waals surface area contributed by atoms with Crippen LogP contribution in [0, 0.1) is 12.3 Å². The average molecular weight is 263 g/mol. The maximum atomic E-state index is 10.0. The molecule has 0 aromatic carbocycles. The summed E-state index contributed by atoms with van der Waals surface area (Å²) >= 11 is 0. The Morgan fingerprint density at radius 2 is 2.16 bits per heavy atom. The molecule has 0 fully saturated rings. The van der Waals surface area contributed by atoms with Crippen LogP contribution in [0.5, 0.6) is 0 Å². The first-order valence-electron chi connectivity index (χ1n) is 6.47. The van der Waals surface area contributed by atoms with Crippen LogP contribution < -0.4 is 5.32 Å².